The summed E-state index contributed by atoms with van der Waals surface area (Å²) in [6, 6.07) is 0. The van der Waals surface area contributed by atoms with E-state index in [1.165, 1.54) is 32.1 Å². The topological polar surface area (TPSA) is 26.3 Å². The Kier molecular flexibility index (Phi) is 4.43. The molecule has 0 aromatic rings. The standard InChI is InChI=1S/C12H22O2/c1-3-12(4-2,14-10-13)11-8-6-5-7-9-11/h10-11H,3-9H2,1-2H3. The van der Waals surface area contributed by atoms with Crippen LogP contribution in [0.3, 0.4) is 0 Å². The van der Waals surface area contributed by atoms with Crippen LogP contribution in [0.2, 0.25) is 0 Å². The van der Waals surface area contributed by atoms with Crippen molar-refractivity contribution in [1.82, 2.24) is 0 Å². The Bertz CT molecular complexity index is 167. The highest BCUT2D eigenvalue weighted by atomic mass is 16.5. The smallest absolute Gasteiger partial charge is 0.293 e. The first-order valence-corrected chi connectivity index (χ1v) is 5.90. The van der Waals surface area contributed by atoms with Gasteiger partial charge in [-0.3, -0.25) is 4.79 Å². The Labute approximate surface area is 87.0 Å². The number of ether oxygens (including phenoxy) is 1. The predicted octanol–water partition coefficient (Wildman–Crippen LogP) is 3.30. The molecule has 1 fully saturated rings. The van der Waals surface area contributed by atoms with Gasteiger partial charge in [-0.1, -0.05) is 33.1 Å². The van der Waals surface area contributed by atoms with E-state index in [2.05, 4.69) is 13.8 Å². The van der Waals surface area contributed by atoms with Gasteiger partial charge in [0.25, 0.3) is 6.47 Å². The van der Waals surface area contributed by atoms with Crippen molar-refractivity contribution < 1.29 is 9.53 Å². The molecule has 0 saturated heterocycles. The largest absolute Gasteiger partial charge is 0.461 e. The summed E-state index contributed by atoms with van der Waals surface area (Å²) in [7, 11) is 0. The van der Waals surface area contributed by atoms with Crippen LogP contribution in [0.5, 0.6) is 0 Å². The summed E-state index contributed by atoms with van der Waals surface area (Å²) in [5.74, 6) is 0.594. The fraction of sp³-hybridized carbons (Fsp3) is 0.917. The van der Waals surface area contributed by atoms with Crippen molar-refractivity contribution in [3.8, 4) is 0 Å². The third-order valence-corrected chi connectivity index (χ3v) is 3.83. The van der Waals surface area contributed by atoms with Gasteiger partial charge in [0.2, 0.25) is 0 Å². The third-order valence-electron chi connectivity index (χ3n) is 3.83. The van der Waals surface area contributed by atoms with E-state index in [1.54, 1.807) is 0 Å². The van der Waals surface area contributed by atoms with Gasteiger partial charge in [-0.2, -0.15) is 0 Å². The van der Waals surface area contributed by atoms with Gasteiger partial charge in [-0.15, -0.1) is 0 Å². The van der Waals surface area contributed by atoms with Crippen molar-refractivity contribution in [3.05, 3.63) is 0 Å². The molecule has 0 amide bonds. The molecule has 0 unspecified atom stereocenters. The number of hydrogen-bond donors (Lipinski definition) is 0. The van der Waals surface area contributed by atoms with Gasteiger partial charge in [0.05, 0.1) is 0 Å². The minimum Gasteiger partial charge on any atom is -0.461 e. The highest BCUT2D eigenvalue weighted by Crippen LogP contribution is 2.38. The van der Waals surface area contributed by atoms with Gasteiger partial charge in [0.15, 0.2) is 0 Å². The molecule has 2 heteroatoms. The lowest BCUT2D eigenvalue weighted by atomic mass is 9.74. The average molecular weight is 198 g/mol. The minimum atomic E-state index is -0.165. The van der Waals surface area contributed by atoms with Crippen molar-refractivity contribution in [2.45, 2.75) is 64.4 Å². The number of hydrogen-bond acceptors (Lipinski definition) is 2. The quantitative estimate of drug-likeness (QED) is 0.633. The predicted molar refractivity (Wildman–Crippen MR) is 57.0 cm³/mol. The molecule has 0 aromatic heterocycles. The summed E-state index contributed by atoms with van der Waals surface area (Å²) < 4.78 is 5.39. The molecular formula is C12H22O2. The maximum Gasteiger partial charge on any atom is 0.293 e. The van der Waals surface area contributed by atoms with Crippen molar-refractivity contribution in [2.24, 2.45) is 5.92 Å². The summed E-state index contributed by atoms with van der Waals surface area (Å²) in [5, 5.41) is 0. The molecular weight excluding hydrogens is 176 g/mol. The molecule has 1 saturated carbocycles. The fourth-order valence-corrected chi connectivity index (χ4v) is 2.81. The first kappa shape index (κ1) is 11.5. The molecule has 0 spiro atoms. The minimum absolute atomic E-state index is 0.165. The lowest BCUT2D eigenvalue weighted by Gasteiger charge is -2.39. The molecule has 0 N–H and O–H groups in total. The van der Waals surface area contributed by atoms with Gasteiger partial charge in [0.1, 0.15) is 5.60 Å². The van der Waals surface area contributed by atoms with Crippen LogP contribution in [0.15, 0.2) is 0 Å². The molecule has 0 bridgehead atoms. The molecule has 2 nitrogen and oxygen atoms in total. The molecule has 0 aromatic carbocycles. The van der Waals surface area contributed by atoms with Crippen LogP contribution in [0.4, 0.5) is 0 Å². The normalized spacial score (nSPS) is 19.3. The van der Waals surface area contributed by atoms with Gasteiger partial charge < -0.3 is 4.74 Å². The Balaban J connectivity index is 2.67. The van der Waals surface area contributed by atoms with E-state index in [-0.39, 0.29) is 5.60 Å². The second-order valence-corrected chi connectivity index (χ2v) is 4.32. The molecule has 0 radical (unpaired) electrons. The number of carbonyl (C=O) groups excluding carboxylic acids is 1. The van der Waals surface area contributed by atoms with Crippen LogP contribution < -0.4 is 0 Å². The van der Waals surface area contributed by atoms with E-state index in [1.807, 2.05) is 0 Å². The molecule has 0 aliphatic heterocycles. The molecule has 1 aliphatic rings. The van der Waals surface area contributed by atoms with E-state index < -0.39 is 0 Å². The average Bonchev–Trinajstić information content (AvgIpc) is 2.27. The molecule has 1 aliphatic carbocycles. The van der Waals surface area contributed by atoms with Gasteiger partial charge in [-0.05, 0) is 31.6 Å². The zero-order chi connectivity index (χ0) is 10.4. The zero-order valence-corrected chi connectivity index (χ0v) is 9.42. The molecule has 82 valence electrons. The first-order valence-electron chi connectivity index (χ1n) is 5.90. The van der Waals surface area contributed by atoms with Gasteiger partial charge in [-0.25, -0.2) is 0 Å². The zero-order valence-electron chi connectivity index (χ0n) is 9.42. The first-order chi connectivity index (χ1) is 6.79. The monoisotopic (exact) mass is 198 g/mol. The van der Waals surface area contributed by atoms with Crippen LogP contribution in [-0.4, -0.2) is 12.1 Å². The van der Waals surface area contributed by atoms with Crippen molar-refractivity contribution >= 4 is 6.47 Å². The van der Waals surface area contributed by atoms with Crippen LogP contribution in [0, 0.1) is 5.92 Å². The number of carbonyl (C=O) groups is 1. The highest BCUT2D eigenvalue weighted by Gasteiger charge is 2.37. The Morgan fingerprint density at radius 3 is 2.21 bits per heavy atom. The Morgan fingerprint density at radius 1 is 1.21 bits per heavy atom. The second kappa shape index (κ2) is 5.38. The second-order valence-electron chi connectivity index (χ2n) is 4.32. The molecule has 14 heavy (non-hydrogen) atoms. The summed E-state index contributed by atoms with van der Waals surface area (Å²) in [6.07, 6.45) is 8.31. The molecule has 0 heterocycles. The van der Waals surface area contributed by atoms with Crippen LogP contribution in [-0.2, 0) is 9.53 Å². The summed E-state index contributed by atoms with van der Waals surface area (Å²) in [5.41, 5.74) is -0.165. The summed E-state index contributed by atoms with van der Waals surface area (Å²) >= 11 is 0. The maximum atomic E-state index is 10.6. The van der Waals surface area contributed by atoms with Gasteiger partial charge >= 0.3 is 0 Å². The van der Waals surface area contributed by atoms with E-state index in [4.69, 9.17) is 4.74 Å². The van der Waals surface area contributed by atoms with E-state index >= 15 is 0 Å². The van der Waals surface area contributed by atoms with Crippen molar-refractivity contribution in [3.63, 3.8) is 0 Å². The lowest BCUT2D eigenvalue weighted by Crippen LogP contribution is -2.40. The van der Waals surface area contributed by atoms with E-state index in [0.29, 0.717) is 12.4 Å². The van der Waals surface area contributed by atoms with Crippen molar-refractivity contribution in [1.29, 1.82) is 0 Å². The van der Waals surface area contributed by atoms with Crippen LogP contribution >= 0.6 is 0 Å². The third kappa shape index (κ3) is 2.28. The summed E-state index contributed by atoms with van der Waals surface area (Å²) in [6.45, 7) is 4.89. The van der Waals surface area contributed by atoms with Crippen molar-refractivity contribution in [2.75, 3.05) is 0 Å². The summed E-state index contributed by atoms with van der Waals surface area (Å²) in [4.78, 5) is 10.6. The van der Waals surface area contributed by atoms with Gasteiger partial charge in [0, 0.05) is 0 Å². The number of rotatable bonds is 5. The Hall–Kier alpha value is -0.530. The maximum absolute atomic E-state index is 10.6. The fourth-order valence-electron chi connectivity index (χ4n) is 2.81. The molecule has 0 atom stereocenters. The van der Waals surface area contributed by atoms with E-state index in [0.717, 1.165) is 12.8 Å². The van der Waals surface area contributed by atoms with Crippen LogP contribution in [0.1, 0.15) is 58.8 Å². The lowest BCUT2D eigenvalue weighted by molar-refractivity contribution is -0.153. The van der Waals surface area contributed by atoms with E-state index in [9.17, 15) is 4.79 Å². The SMILES string of the molecule is CCC(CC)(OC=O)C1CCCCC1. The highest BCUT2D eigenvalue weighted by molar-refractivity contribution is 5.38. The Morgan fingerprint density at radius 2 is 1.79 bits per heavy atom. The molecule has 1 rings (SSSR count). The van der Waals surface area contributed by atoms with Crippen LogP contribution in [0.25, 0.3) is 0 Å².